The van der Waals surface area contributed by atoms with Crippen LogP contribution in [0.5, 0.6) is 0 Å². The third kappa shape index (κ3) is 5.81. The Balaban J connectivity index is 1.36. The molecule has 0 radical (unpaired) electrons. The van der Waals surface area contributed by atoms with Crippen LogP contribution in [0.25, 0.3) is 0 Å². The van der Waals surface area contributed by atoms with E-state index in [1.54, 1.807) is 0 Å². The van der Waals surface area contributed by atoms with Gasteiger partial charge in [0.25, 0.3) is 0 Å². The van der Waals surface area contributed by atoms with Crippen molar-refractivity contribution in [3.05, 3.63) is 144 Å². The molecular weight excluding hydrogens is 500 g/mol. The lowest BCUT2D eigenvalue weighted by Gasteiger charge is -2.36. The van der Waals surface area contributed by atoms with Crippen LogP contribution in [0.15, 0.2) is 121 Å². The normalized spacial score (nSPS) is 25.3. The van der Waals surface area contributed by atoms with Crippen LogP contribution in [0.3, 0.4) is 0 Å². The molecule has 0 N–H and O–H groups in total. The first-order chi connectivity index (χ1) is 20.2. The highest BCUT2D eigenvalue weighted by molar-refractivity contribution is 5.94. The lowest BCUT2D eigenvalue weighted by Crippen LogP contribution is -2.42. The predicted molar refractivity (Wildman–Crippen MR) is 167 cm³/mol. The standard InChI is InChI=1S/C39H42O2/c40-37-38(27-33-19-9-3-10-20-33,25-13-23-31-15-5-1-6-16-31)35-29-41-30-36(35)39(37,28-34-21-11-4-12-22-34)26-14-24-32-17-7-2-8-18-32/h1-12,15-22,35-36H,13-14,23-30H2/t35?,36?,38-,39-/m0/s1. The Morgan fingerprint density at radius 1 is 0.512 bits per heavy atom. The second kappa shape index (κ2) is 12.6. The van der Waals surface area contributed by atoms with Gasteiger partial charge in [-0.1, -0.05) is 121 Å². The van der Waals surface area contributed by atoms with Crippen molar-refractivity contribution in [1.82, 2.24) is 0 Å². The molecule has 4 aromatic carbocycles. The molecular formula is C39H42O2. The molecule has 6 rings (SSSR count). The lowest BCUT2D eigenvalue weighted by molar-refractivity contribution is -0.138. The number of rotatable bonds is 12. The maximum Gasteiger partial charge on any atom is 0.146 e. The zero-order chi connectivity index (χ0) is 28.0. The molecule has 0 spiro atoms. The van der Waals surface area contributed by atoms with Crippen LogP contribution in [-0.2, 0) is 35.2 Å². The van der Waals surface area contributed by atoms with E-state index >= 15 is 4.79 Å². The molecule has 210 valence electrons. The average Bonchev–Trinajstić information content (AvgIpc) is 3.58. The largest absolute Gasteiger partial charge is 0.381 e. The van der Waals surface area contributed by atoms with E-state index in [1.807, 2.05) is 0 Å². The Bertz CT molecular complexity index is 1280. The smallest absolute Gasteiger partial charge is 0.146 e. The molecule has 0 amide bonds. The summed E-state index contributed by atoms with van der Waals surface area (Å²) in [4.78, 5) is 15.4. The summed E-state index contributed by atoms with van der Waals surface area (Å²) in [7, 11) is 0. The van der Waals surface area contributed by atoms with Gasteiger partial charge in [-0.3, -0.25) is 4.79 Å². The molecule has 2 aliphatic rings. The minimum absolute atomic E-state index is 0.256. The Morgan fingerprint density at radius 3 is 1.22 bits per heavy atom. The van der Waals surface area contributed by atoms with Crippen LogP contribution >= 0.6 is 0 Å². The Labute approximate surface area is 245 Å². The van der Waals surface area contributed by atoms with Crippen molar-refractivity contribution in [3.63, 3.8) is 0 Å². The van der Waals surface area contributed by atoms with Crippen LogP contribution in [-0.4, -0.2) is 19.0 Å². The second-order valence-electron chi connectivity index (χ2n) is 12.4. The summed E-state index contributed by atoms with van der Waals surface area (Å²) >= 11 is 0. The van der Waals surface area contributed by atoms with Crippen molar-refractivity contribution in [3.8, 4) is 0 Å². The molecule has 1 saturated carbocycles. The molecule has 4 atom stereocenters. The number of hydrogen-bond acceptors (Lipinski definition) is 2. The van der Waals surface area contributed by atoms with Crippen molar-refractivity contribution in [2.45, 2.75) is 51.4 Å². The van der Waals surface area contributed by atoms with Gasteiger partial charge in [-0.25, -0.2) is 0 Å². The minimum atomic E-state index is -0.404. The zero-order valence-electron chi connectivity index (χ0n) is 24.1. The number of benzene rings is 4. The summed E-state index contributed by atoms with van der Waals surface area (Å²) in [6, 6.07) is 43.0. The van der Waals surface area contributed by atoms with Gasteiger partial charge in [0, 0.05) is 22.7 Å². The fraction of sp³-hybridized carbons (Fsp3) is 0.359. The van der Waals surface area contributed by atoms with E-state index in [0.29, 0.717) is 19.0 Å². The van der Waals surface area contributed by atoms with Crippen LogP contribution in [0.4, 0.5) is 0 Å². The minimum Gasteiger partial charge on any atom is -0.381 e. The maximum absolute atomic E-state index is 15.4. The number of aryl methyl sites for hydroxylation is 2. The summed E-state index contributed by atoms with van der Waals surface area (Å²) in [5.74, 6) is 1.02. The highest BCUT2D eigenvalue weighted by Crippen LogP contribution is 2.62. The molecule has 2 unspecified atom stereocenters. The van der Waals surface area contributed by atoms with Crippen molar-refractivity contribution in [2.75, 3.05) is 13.2 Å². The number of hydrogen-bond donors (Lipinski definition) is 0. The first-order valence-corrected chi connectivity index (χ1v) is 15.5. The number of ether oxygens (including phenoxy) is 1. The van der Waals surface area contributed by atoms with E-state index in [0.717, 1.165) is 51.4 Å². The molecule has 4 aromatic rings. The van der Waals surface area contributed by atoms with Gasteiger partial charge in [-0.2, -0.15) is 0 Å². The van der Waals surface area contributed by atoms with Crippen molar-refractivity contribution in [2.24, 2.45) is 22.7 Å². The molecule has 41 heavy (non-hydrogen) atoms. The van der Waals surface area contributed by atoms with Gasteiger partial charge < -0.3 is 4.74 Å². The summed E-state index contributed by atoms with van der Waals surface area (Å²) in [5.41, 5.74) is 4.44. The molecule has 1 heterocycles. The van der Waals surface area contributed by atoms with E-state index in [1.165, 1.54) is 22.3 Å². The first kappa shape index (κ1) is 27.7. The van der Waals surface area contributed by atoms with E-state index in [4.69, 9.17) is 4.74 Å². The molecule has 1 aliphatic carbocycles. The average molecular weight is 543 g/mol. The number of Topliss-reactive ketones (excluding diaryl/α,β-unsaturated/α-hetero) is 1. The van der Waals surface area contributed by atoms with Crippen LogP contribution in [0, 0.1) is 22.7 Å². The number of ketones is 1. The van der Waals surface area contributed by atoms with Crippen molar-refractivity contribution in [1.29, 1.82) is 0 Å². The maximum atomic E-state index is 15.4. The van der Waals surface area contributed by atoms with Gasteiger partial charge >= 0.3 is 0 Å². The summed E-state index contributed by atoms with van der Waals surface area (Å²) < 4.78 is 6.32. The van der Waals surface area contributed by atoms with Gasteiger partial charge in [-0.05, 0) is 73.6 Å². The molecule has 2 nitrogen and oxygen atoms in total. The van der Waals surface area contributed by atoms with Crippen molar-refractivity contribution < 1.29 is 9.53 Å². The van der Waals surface area contributed by atoms with Gasteiger partial charge in [0.2, 0.25) is 0 Å². The summed E-state index contributed by atoms with van der Waals surface area (Å²) in [5, 5.41) is 0. The zero-order valence-corrected chi connectivity index (χ0v) is 24.1. The van der Waals surface area contributed by atoms with Gasteiger partial charge in [-0.15, -0.1) is 0 Å². The second-order valence-corrected chi connectivity index (χ2v) is 12.4. The van der Waals surface area contributed by atoms with Crippen LogP contribution in [0.2, 0.25) is 0 Å². The van der Waals surface area contributed by atoms with Crippen LogP contribution < -0.4 is 0 Å². The SMILES string of the molecule is O=C1[C@@](CCCc2ccccc2)(Cc2ccccc2)C2COCC2[C@]1(CCCc1ccccc1)Cc1ccccc1. The van der Waals surface area contributed by atoms with E-state index in [2.05, 4.69) is 121 Å². The molecule has 0 aromatic heterocycles. The molecule has 1 saturated heterocycles. The monoisotopic (exact) mass is 542 g/mol. The molecule has 2 fully saturated rings. The quantitative estimate of drug-likeness (QED) is 0.180. The van der Waals surface area contributed by atoms with Gasteiger partial charge in [0.05, 0.1) is 13.2 Å². The fourth-order valence-corrected chi connectivity index (χ4v) is 8.10. The van der Waals surface area contributed by atoms with E-state index in [9.17, 15) is 0 Å². The third-order valence-electron chi connectivity index (χ3n) is 9.99. The Hall–Kier alpha value is -3.49. The lowest BCUT2D eigenvalue weighted by atomic mass is 9.66. The fourth-order valence-electron chi connectivity index (χ4n) is 8.10. The molecule has 0 bridgehead atoms. The van der Waals surface area contributed by atoms with E-state index < -0.39 is 10.8 Å². The first-order valence-electron chi connectivity index (χ1n) is 15.5. The number of carbonyl (C=O) groups is 1. The highest BCUT2D eigenvalue weighted by atomic mass is 16.5. The van der Waals surface area contributed by atoms with E-state index in [-0.39, 0.29) is 11.8 Å². The topological polar surface area (TPSA) is 26.3 Å². The molecule has 1 aliphatic heterocycles. The number of fused-ring (bicyclic) bond motifs is 1. The Kier molecular flexibility index (Phi) is 8.49. The van der Waals surface area contributed by atoms with Crippen LogP contribution in [0.1, 0.15) is 47.9 Å². The number of carbonyl (C=O) groups excluding carboxylic acids is 1. The van der Waals surface area contributed by atoms with Gasteiger partial charge in [0.15, 0.2) is 0 Å². The summed E-state index contributed by atoms with van der Waals surface area (Å²) in [6.45, 7) is 1.40. The van der Waals surface area contributed by atoms with Gasteiger partial charge in [0.1, 0.15) is 5.78 Å². The summed E-state index contributed by atoms with van der Waals surface area (Å²) in [6.07, 6.45) is 7.47. The third-order valence-corrected chi connectivity index (χ3v) is 9.99. The van der Waals surface area contributed by atoms with Crippen molar-refractivity contribution >= 4 is 5.78 Å². The predicted octanol–water partition coefficient (Wildman–Crippen LogP) is 8.34. The highest BCUT2D eigenvalue weighted by Gasteiger charge is 2.67. The Morgan fingerprint density at radius 2 is 0.854 bits per heavy atom. The molecule has 2 heteroatoms.